The van der Waals surface area contributed by atoms with E-state index in [1.807, 2.05) is 18.2 Å². The minimum atomic E-state index is -2.51. The molecule has 0 spiro atoms. The Labute approximate surface area is 264 Å². The van der Waals surface area contributed by atoms with E-state index in [9.17, 15) is 0 Å². The van der Waals surface area contributed by atoms with Crippen molar-refractivity contribution in [3.63, 3.8) is 0 Å². The van der Waals surface area contributed by atoms with Gasteiger partial charge in [0.1, 0.15) is 0 Å². The summed E-state index contributed by atoms with van der Waals surface area (Å²) >= 11 is 0. The monoisotopic (exact) mass is 713 g/mol. The Hall–Kier alpha value is -3.66. The predicted octanol–water partition coefficient (Wildman–Crippen LogP) is 9.05. The number of benzene rings is 2. The molecular weight excluding hydrogens is 671 g/mol. The first-order valence-corrected chi connectivity index (χ1v) is 12.8. The molecule has 7 rings (SSSR count). The van der Waals surface area contributed by atoms with E-state index in [2.05, 4.69) is 27.1 Å². The van der Waals surface area contributed by atoms with E-state index in [0.29, 0.717) is 28.1 Å². The van der Waals surface area contributed by atoms with Gasteiger partial charge in [-0.2, -0.15) is 0 Å². The van der Waals surface area contributed by atoms with Crippen LogP contribution < -0.4 is 0 Å². The molecule has 40 heavy (non-hydrogen) atoms. The Morgan fingerprint density at radius 3 is 2.38 bits per heavy atom. The number of fused-ring (bicyclic) bond motifs is 3. The molecule has 1 saturated carbocycles. The fraction of sp³-hybridized carbons (Fsp3) is 0.229. The molecule has 1 fully saturated rings. The van der Waals surface area contributed by atoms with Crippen molar-refractivity contribution in [2.45, 2.75) is 51.7 Å². The van der Waals surface area contributed by atoms with Gasteiger partial charge in [0.15, 0.2) is 0 Å². The van der Waals surface area contributed by atoms with E-state index >= 15 is 0 Å². The van der Waals surface area contributed by atoms with Crippen LogP contribution in [0.4, 0.5) is 0 Å². The Bertz CT molecular complexity index is 2200. The van der Waals surface area contributed by atoms with Crippen molar-refractivity contribution in [2.24, 2.45) is 0 Å². The van der Waals surface area contributed by atoms with Gasteiger partial charge in [0.2, 0.25) is 5.71 Å². The van der Waals surface area contributed by atoms with Gasteiger partial charge in [0.25, 0.3) is 0 Å². The number of nitrogens with zero attached hydrogens (tertiary/aromatic N) is 3. The maximum Gasteiger partial charge on any atom is 0.216 e. The van der Waals surface area contributed by atoms with Crippen molar-refractivity contribution in [2.75, 3.05) is 0 Å². The van der Waals surface area contributed by atoms with Gasteiger partial charge < -0.3 is 14.4 Å². The third-order valence-electron chi connectivity index (χ3n) is 6.60. The first-order chi connectivity index (χ1) is 23.6. The number of aromatic nitrogens is 3. The van der Waals surface area contributed by atoms with Crippen LogP contribution in [0.1, 0.15) is 69.9 Å². The number of hydrogen-bond acceptors (Lipinski definition) is 4. The van der Waals surface area contributed by atoms with Gasteiger partial charge in [0.05, 0.1) is 11.1 Å². The van der Waals surface area contributed by atoms with Crippen LogP contribution in [0.2, 0.25) is 0 Å². The molecule has 0 atom stereocenters. The number of rotatable bonds is 3. The second-order valence-electron chi connectivity index (χ2n) is 9.23. The van der Waals surface area contributed by atoms with Crippen LogP contribution in [0.15, 0.2) is 89.5 Å². The van der Waals surface area contributed by atoms with E-state index in [1.54, 1.807) is 30.3 Å². The Balaban J connectivity index is 0.000000226. The molecule has 0 saturated heterocycles. The SMILES string of the molecule is [2H]c1c(C([2H])([2H])[2H])cnc(-c2[c-]ccc3c2oc2nc(C4([2H])CCCCC4)ccc23)c1[2H].[2H]c1c(C([2H])([2H])[2H])cnc(-c2[c-]cccc2)c1[2H].[Ir]. The van der Waals surface area contributed by atoms with Gasteiger partial charge in [-0.05, 0) is 61.2 Å². The summed E-state index contributed by atoms with van der Waals surface area (Å²) in [5, 5.41) is 1.55. The predicted molar refractivity (Wildman–Crippen MR) is 157 cm³/mol. The quantitative estimate of drug-likeness (QED) is 0.172. The normalized spacial score (nSPS) is 18.9. The molecule has 1 aliphatic carbocycles. The first kappa shape index (κ1) is 17.2. The molecule has 0 aliphatic heterocycles. The molecule has 0 N–H and O–H groups in total. The van der Waals surface area contributed by atoms with Crippen molar-refractivity contribution in [1.82, 2.24) is 15.0 Å². The maximum atomic E-state index is 8.86. The van der Waals surface area contributed by atoms with E-state index in [0.717, 1.165) is 55.3 Å². The van der Waals surface area contributed by atoms with Gasteiger partial charge in [-0.25, -0.2) is 4.98 Å². The van der Waals surface area contributed by atoms with Crippen LogP contribution in [0.25, 0.3) is 44.6 Å². The van der Waals surface area contributed by atoms with Gasteiger partial charge >= 0.3 is 0 Å². The van der Waals surface area contributed by atoms with Gasteiger partial charge in [-0.3, -0.25) is 0 Å². The molecule has 203 valence electrons. The average Bonchev–Trinajstić information content (AvgIpc) is 3.45. The molecule has 4 aromatic heterocycles. The second-order valence-corrected chi connectivity index (χ2v) is 9.23. The van der Waals surface area contributed by atoms with Gasteiger partial charge in [-0.1, -0.05) is 54.4 Å². The molecule has 4 heterocycles. The van der Waals surface area contributed by atoms with Gasteiger partial charge in [-0.15, -0.1) is 54.1 Å². The summed E-state index contributed by atoms with van der Waals surface area (Å²) in [5.74, 6) is -0.707. The second kappa shape index (κ2) is 12.7. The summed E-state index contributed by atoms with van der Waals surface area (Å²) in [6.07, 6.45) is 7.00. The summed E-state index contributed by atoms with van der Waals surface area (Å²) in [5.41, 5.74) is 2.44. The van der Waals surface area contributed by atoms with Crippen LogP contribution in [0.5, 0.6) is 0 Å². The minimum absolute atomic E-state index is 0. The topological polar surface area (TPSA) is 51.8 Å². The third-order valence-corrected chi connectivity index (χ3v) is 6.60. The zero-order chi connectivity index (χ0) is 36.0. The standard InChI is InChI=1S/C23H21N2O.C12H10N.Ir/c1-15-10-12-21(24-14-15)19-9-5-8-17-18-11-13-20(16-6-3-2-4-7-16)25-23(18)26-22(17)19;1-10-7-8-12(13-9-10)11-5-3-2-4-6-11;/h5,8,10-14,16H,2-4,6-7H2,1H3;2-5,7-9H,1H3;/q2*-1;/i1D3,10D,12D,16D;1D3,7D,8D;. The van der Waals surface area contributed by atoms with Crippen molar-refractivity contribution < 1.29 is 39.6 Å². The van der Waals surface area contributed by atoms with E-state index in [-0.39, 0.29) is 66.8 Å². The molecule has 0 amide bonds. The average molecular weight is 713 g/mol. The number of hydrogen-bond donors (Lipinski definition) is 0. The van der Waals surface area contributed by atoms with Crippen molar-refractivity contribution >= 4 is 22.1 Å². The molecule has 4 nitrogen and oxygen atoms in total. The Morgan fingerprint density at radius 1 is 0.850 bits per heavy atom. The Kier molecular flexibility index (Phi) is 5.46. The number of pyridine rings is 3. The van der Waals surface area contributed by atoms with Crippen molar-refractivity contribution in [3.05, 3.63) is 114 Å². The third kappa shape index (κ3) is 6.06. The van der Waals surface area contributed by atoms with Gasteiger partial charge in [0, 0.05) is 59.1 Å². The van der Waals surface area contributed by atoms with Crippen LogP contribution in [0.3, 0.4) is 0 Å². The molecule has 2 aromatic carbocycles. The summed E-state index contributed by atoms with van der Waals surface area (Å²) in [6.45, 7) is -4.93. The smallest absolute Gasteiger partial charge is 0.216 e. The zero-order valence-corrected chi connectivity index (χ0v) is 23.8. The number of aryl methyl sites for hydroxylation is 2. The Morgan fingerprint density at radius 2 is 1.62 bits per heavy atom. The van der Waals surface area contributed by atoms with Crippen LogP contribution >= 0.6 is 0 Å². The summed E-state index contributed by atoms with van der Waals surface area (Å²) in [7, 11) is 0. The molecule has 5 heteroatoms. The zero-order valence-electron chi connectivity index (χ0n) is 32.4. The van der Waals surface area contributed by atoms with Crippen LogP contribution in [-0.2, 0) is 20.1 Å². The summed E-state index contributed by atoms with van der Waals surface area (Å²) < 4.78 is 91.5. The molecule has 0 bridgehead atoms. The van der Waals surface area contributed by atoms with E-state index in [4.69, 9.17) is 19.5 Å². The van der Waals surface area contributed by atoms with E-state index in [1.165, 1.54) is 0 Å². The van der Waals surface area contributed by atoms with Crippen molar-refractivity contribution in [1.29, 1.82) is 0 Å². The summed E-state index contributed by atoms with van der Waals surface area (Å²) in [4.78, 5) is 12.8. The van der Waals surface area contributed by atoms with Crippen LogP contribution in [-0.4, -0.2) is 15.0 Å². The molecule has 1 radical (unpaired) electrons. The maximum absolute atomic E-state index is 8.86. The van der Waals surface area contributed by atoms with Crippen molar-refractivity contribution in [3.8, 4) is 22.5 Å². The van der Waals surface area contributed by atoms with E-state index < -0.39 is 19.6 Å². The fourth-order valence-electron chi connectivity index (χ4n) is 4.67. The molecule has 0 unspecified atom stereocenters. The molecular formula is C35H31IrN3O-2. The molecule has 1 aliphatic rings. The molecule has 6 aromatic rings. The summed E-state index contributed by atoms with van der Waals surface area (Å²) in [6, 6.07) is 19.1. The first-order valence-electron chi connectivity index (χ1n) is 18.3. The van der Waals surface area contributed by atoms with Crippen LogP contribution in [0, 0.1) is 25.8 Å². The minimum Gasteiger partial charge on any atom is -0.486 e. The largest absolute Gasteiger partial charge is 0.486 e. The number of furan rings is 1. The fourth-order valence-corrected chi connectivity index (χ4v) is 4.67.